The first-order valence-corrected chi connectivity index (χ1v) is 10.7. The van der Waals surface area contributed by atoms with E-state index in [-0.39, 0.29) is 12.1 Å². The van der Waals surface area contributed by atoms with Crippen molar-refractivity contribution in [1.29, 1.82) is 0 Å². The smallest absolute Gasteiger partial charge is 0.209 e. The summed E-state index contributed by atoms with van der Waals surface area (Å²) < 4.78 is 24.8. The van der Waals surface area contributed by atoms with Gasteiger partial charge in [0.2, 0.25) is 5.79 Å². The molecular weight excluding hydrogens is 374 g/mol. The van der Waals surface area contributed by atoms with Crippen molar-refractivity contribution < 1.29 is 29.2 Å². The van der Waals surface area contributed by atoms with E-state index in [4.69, 9.17) is 18.9 Å². The third-order valence-electron chi connectivity index (χ3n) is 8.21. The van der Waals surface area contributed by atoms with Crippen molar-refractivity contribution in [1.82, 2.24) is 4.90 Å². The number of rotatable bonds is 1. The Morgan fingerprint density at radius 1 is 1.21 bits per heavy atom. The number of likely N-dealkylation sites (tertiary alicyclic amines) is 1. The summed E-state index contributed by atoms with van der Waals surface area (Å²) in [5, 5.41) is 22.7. The van der Waals surface area contributed by atoms with Gasteiger partial charge in [0.1, 0.15) is 0 Å². The van der Waals surface area contributed by atoms with Crippen LogP contribution in [-0.4, -0.2) is 71.7 Å². The van der Waals surface area contributed by atoms with E-state index >= 15 is 0 Å². The molecule has 0 radical (unpaired) electrons. The summed E-state index contributed by atoms with van der Waals surface area (Å²) in [4.78, 5) is 2.28. The van der Waals surface area contributed by atoms with Crippen molar-refractivity contribution >= 4 is 0 Å². The average Bonchev–Trinajstić information content (AvgIpc) is 3.03. The predicted octanol–water partition coefficient (Wildman–Crippen LogP) is 1.32. The summed E-state index contributed by atoms with van der Waals surface area (Å²) in [6.45, 7) is 2.81. The van der Waals surface area contributed by atoms with Crippen molar-refractivity contribution in [3.8, 4) is 11.5 Å². The van der Waals surface area contributed by atoms with E-state index in [1.165, 1.54) is 5.56 Å². The summed E-state index contributed by atoms with van der Waals surface area (Å²) in [6.07, 6.45) is 1.38. The molecule has 7 heteroatoms. The van der Waals surface area contributed by atoms with E-state index in [0.29, 0.717) is 30.8 Å². The molecule has 2 saturated heterocycles. The molecule has 0 aromatic heterocycles. The van der Waals surface area contributed by atoms with Crippen LogP contribution >= 0.6 is 0 Å². The van der Waals surface area contributed by atoms with Crippen LogP contribution in [0, 0.1) is 0 Å². The predicted molar refractivity (Wildman–Crippen MR) is 103 cm³/mol. The third-order valence-corrected chi connectivity index (χ3v) is 8.21. The Kier molecular flexibility index (Phi) is 3.58. The lowest BCUT2D eigenvalue weighted by atomic mass is 9.48. The highest BCUT2D eigenvalue weighted by Gasteiger charge is 2.77. The first kappa shape index (κ1) is 18.4. The Morgan fingerprint density at radius 2 is 2.03 bits per heavy atom. The van der Waals surface area contributed by atoms with Crippen LogP contribution in [0.4, 0.5) is 0 Å². The van der Waals surface area contributed by atoms with Crippen LogP contribution in [0.5, 0.6) is 11.5 Å². The quantitative estimate of drug-likeness (QED) is 0.732. The topological polar surface area (TPSA) is 80.6 Å². The number of ether oxygens (including phenoxy) is 4. The molecule has 1 aromatic carbocycles. The zero-order valence-corrected chi connectivity index (χ0v) is 17.2. The second-order valence-electron chi connectivity index (χ2n) is 9.52. The zero-order chi connectivity index (χ0) is 20.2. The van der Waals surface area contributed by atoms with E-state index in [0.717, 1.165) is 24.9 Å². The number of benzene rings is 1. The van der Waals surface area contributed by atoms with Crippen LogP contribution in [0.15, 0.2) is 12.1 Å². The van der Waals surface area contributed by atoms with E-state index < -0.39 is 29.2 Å². The van der Waals surface area contributed by atoms with Crippen LogP contribution in [-0.2, 0) is 21.3 Å². The Hall–Kier alpha value is -1.38. The van der Waals surface area contributed by atoms with Gasteiger partial charge in [0.05, 0.1) is 24.2 Å². The lowest BCUT2D eigenvalue weighted by Crippen LogP contribution is -2.80. The number of methoxy groups -OCH3 is 1. The van der Waals surface area contributed by atoms with Gasteiger partial charge in [0.25, 0.3) is 0 Å². The maximum atomic E-state index is 12.3. The minimum atomic E-state index is -1.08. The summed E-state index contributed by atoms with van der Waals surface area (Å²) >= 11 is 0. The van der Waals surface area contributed by atoms with Crippen molar-refractivity contribution in [3.05, 3.63) is 23.3 Å². The Bertz CT molecular complexity index is 865. The minimum Gasteiger partial charge on any atom is -0.493 e. The zero-order valence-electron chi connectivity index (χ0n) is 17.2. The number of hydrogen-bond donors (Lipinski definition) is 2. The molecule has 3 fully saturated rings. The molecule has 1 aromatic rings. The Balaban J connectivity index is 1.61. The molecule has 7 atom stereocenters. The minimum absolute atomic E-state index is 0.0116. The van der Waals surface area contributed by atoms with E-state index in [1.54, 1.807) is 7.11 Å². The van der Waals surface area contributed by atoms with Gasteiger partial charge in [0, 0.05) is 24.4 Å². The highest BCUT2D eigenvalue weighted by atomic mass is 16.8. The van der Waals surface area contributed by atoms with Gasteiger partial charge in [-0.1, -0.05) is 6.07 Å². The highest BCUT2D eigenvalue weighted by Crippen LogP contribution is 2.68. The third kappa shape index (κ3) is 2.01. The number of fused-ring (bicyclic) bond motifs is 1. The SMILES string of the molecule is COc1ccc2c3c1OC1[C@@]4(CCC5(O)[C@@H](C2)N(C)CC[C@]315)OC(C)CC(O)O4. The molecule has 7 nitrogen and oxygen atoms in total. The second-order valence-corrected chi connectivity index (χ2v) is 9.52. The molecule has 5 aliphatic rings. The van der Waals surface area contributed by atoms with Crippen LogP contribution in [0.2, 0.25) is 0 Å². The first-order valence-electron chi connectivity index (χ1n) is 10.7. The molecule has 3 heterocycles. The molecule has 158 valence electrons. The molecule has 3 aliphatic heterocycles. The van der Waals surface area contributed by atoms with Gasteiger partial charge in [-0.05, 0) is 51.4 Å². The number of hydrogen-bond acceptors (Lipinski definition) is 7. The molecule has 2 N–H and O–H groups in total. The number of piperidine rings is 1. The van der Waals surface area contributed by atoms with Crippen LogP contribution in [0.25, 0.3) is 0 Å². The van der Waals surface area contributed by atoms with Crippen LogP contribution in [0.1, 0.15) is 43.7 Å². The summed E-state index contributed by atoms with van der Waals surface area (Å²) in [6, 6.07) is 4.07. The van der Waals surface area contributed by atoms with Gasteiger partial charge in [-0.25, -0.2) is 0 Å². The molecule has 1 saturated carbocycles. The van der Waals surface area contributed by atoms with Gasteiger partial charge in [-0.2, -0.15) is 0 Å². The van der Waals surface area contributed by atoms with Crippen LogP contribution < -0.4 is 9.47 Å². The van der Waals surface area contributed by atoms with Crippen LogP contribution in [0.3, 0.4) is 0 Å². The largest absolute Gasteiger partial charge is 0.493 e. The van der Waals surface area contributed by atoms with Gasteiger partial charge >= 0.3 is 0 Å². The van der Waals surface area contributed by atoms with E-state index in [1.807, 2.05) is 13.0 Å². The molecule has 2 bridgehead atoms. The number of aliphatic hydroxyl groups excluding tert-OH is 1. The molecule has 0 amide bonds. The molecule has 29 heavy (non-hydrogen) atoms. The van der Waals surface area contributed by atoms with Gasteiger partial charge in [-0.15, -0.1) is 0 Å². The van der Waals surface area contributed by atoms with Crippen molar-refractivity contribution in [2.75, 3.05) is 20.7 Å². The van der Waals surface area contributed by atoms with Gasteiger partial charge < -0.3 is 34.1 Å². The number of nitrogens with zero attached hydrogens (tertiary/aromatic N) is 1. The van der Waals surface area contributed by atoms with Gasteiger partial charge in [0.15, 0.2) is 23.9 Å². The first-order chi connectivity index (χ1) is 13.8. The van der Waals surface area contributed by atoms with Gasteiger partial charge in [-0.3, -0.25) is 0 Å². The lowest BCUT2D eigenvalue weighted by Gasteiger charge is -2.66. The number of likely N-dealkylation sites (N-methyl/N-ethyl adjacent to an activating group) is 1. The highest BCUT2D eigenvalue weighted by molar-refractivity contribution is 5.63. The fourth-order valence-corrected chi connectivity index (χ4v) is 7.08. The summed E-state index contributed by atoms with van der Waals surface area (Å²) in [7, 11) is 3.74. The molecule has 2 spiro atoms. The van der Waals surface area contributed by atoms with Crippen molar-refractivity contribution in [3.63, 3.8) is 0 Å². The summed E-state index contributed by atoms with van der Waals surface area (Å²) in [5.41, 5.74) is 0.675. The normalized spacial score (nSPS) is 47.6. The fourth-order valence-electron chi connectivity index (χ4n) is 7.08. The molecule has 2 aliphatic carbocycles. The maximum Gasteiger partial charge on any atom is 0.209 e. The maximum absolute atomic E-state index is 12.3. The lowest BCUT2D eigenvalue weighted by molar-refractivity contribution is -0.405. The number of aliphatic hydroxyl groups is 2. The van der Waals surface area contributed by atoms with E-state index in [2.05, 4.69) is 18.0 Å². The summed E-state index contributed by atoms with van der Waals surface area (Å²) in [5.74, 6) is 0.298. The fraction of sp³-hybridized carbons (Fsp3) is 0.727. The Labute approximate surface area is 170 Å². The Morgan fingerprint density at radius 3 is 2.79 bits per heavy atom. The molecule has 4 unspecified atom stereocenters. The monoisotopic (exact) mass is 403 g/mol. The average molecular weight is 403 g/mol. The molecular formula is C22H29NO6. The molecule has 6 rings (SSSR count). The van der Waals surface area contributed by atoms with Crippen molar-refractivity contribution in [2.45, 2.75) is 80.4 Å². The van der Waals surface area contributed by atoms with E-state index in [9.17, 15) is 10.2 Å². The second kappa shape index (κ2) is 5.65. The van der Waals surface area contributed by atoms with Crippen molar-refractivity contribution in [2.24, 2.45) is 0 Å². The standard InChI is InChI=1S/C22H29NO6/c1-12-10-16(24)29-22(28-12)7-6-21(25)15-11-13-4-5-14(26-3)18-17(13)20(21,19(22)27-18)8-9-23(15)2/h4-5,12,15-16,19,24-25H,6-11H2,1-3H3/t12?,15-,16?,19?,20+,21?,22+/m1/s1.